The number of carbonyl (C=O) groups excluding carboxylic acids is 3. The minimum atomic E-state index is -1.17. The average Bonchev–Trinajstić information content (AvgIpc) is 3.54. The third-order valence-corrected chi connectivity index (χ3v) is 9.44. The molecule has 3 amide bonds. The highest BCUT2D eigenvalue weighted by Crippen LogP contribution is 2.64. The van der Waals surface area contributed by atoms with Crippen molar-refractivity contribution in [3.63, 3.8) is 0 Å². The van der Waals surface area contributed by atoms with Crippen LogP contribution in [0.4, 0.5) is 11.4 Å². The van der Waals surface area contributed by atoms with E-state index >= 15 is 0 Å². The van der Waals surface area contributed by atoms with Crippen LogP contribution in [0.3, 0.4) is 0 Å². The highest BCUT2D eigenvalue weighted by atomic mass is 16.5. The van der Waals surface area contributed by atoms with Crippen molar-refractivity contribution >= 4 is 29.1 Å². The van der Waals surface area contributed by atoms with Gasteiger partial charge in [-0.25, -0.2) is 0 Å². The van der Waals surface area contributed by atoms with Gasteiger partial charge in [0.15, 0.2) is 0 Å². The molecule has 9 heteroatoms. The molecule has 3 fully saturated rings. The Bertz CT molecular complexity index is 1160. The molecule has 2 unspecified atom stereocenters. The highest BCUT2D eigenvalue weighted by molar-refractivity contribution is 6.05. The fourth-order valence-corrected chi connectivity index (χ4v) is 7.38. The van der Waals surface area contributed by atoms with E-state index in [-0.39, 0.29) is 30.9 Å². The molecule has 0 aromatic heterocycles. The van der Waals surface area contributed by atoms with E-state index in [0.29, 0.717) is 31.5 Å². The summed E-state index contributed by atoms with van der Waals surface area (Å²) in [4.78, 5) is 49.8. The lowest BCUT2D eigenvalue weighted by Crippen LogP contribution is -2.59. The number of carbonyl (C=O) groups is 3. The van der Waals surface area contributed by atoms with Gasteiger partial charge in [-0.3, -0.25) is 14.4 Å². The lowest BCUT2D eigenvalue weighted by molar-refractivity contribution is -0.151. The van der Waals surface area contributed by atoms with E-state index in [0.717, 1.165) is 18.8 Å². The van der Waals surface area contributed by atoms with Gasteiger partial charge in [0.25, 0.3) is 5.91 Å². The quantitative estimate of drug-likeness (QED) is 0.369. The number of ether oxygens (including phenoxy) is 1. The maximum atomic E-state index is 14.7. The summed E-state index contributed by atoms with van der Waals surface area (Å²) in [6, 6.07) is 6.26. The molecule has 6 atom stereocenters. The molecule has 3 heterocycles. The van der Waals surface area contributed by atoms with Crippen molar-refractivity contribution in [2.75, 3.05) is 49.6 Å². The SMILES string of the molecule is C=CCN(C)C(=O)[C@H]1[C@H]2C(=O)N([C@@H](CC)CO)C(C(=O)N(CC=C)c3ccc(N(CC)CC)cc3)C23CC[C@]1(C)O3. The second-order valence-electron chi connectivity index (χ2n) is 11.7. The number of hydrogen-bond acceptors (Lipinski definition) is 6. The molecular formula is C32H46N4O5. The molecule has 1 aromatic rings. The molecule has 3 saturated heterocycles. The van der Waals surface area contributed by atoms with Crippen LogP contribution in [0.25, 0.3) is 0 Å². The van der Waals surface area contributed by atoms with Crippen LogP contribution in [0.5, 0.6) is 0 Å². The molecule has 1 aromatic carbocycles. The number of amides is 3. The van der Waals surface area contributed by atoms with Gasteiger partial charge in [0.05, 0.1) is 30.1 Å². The first kappa shape index (κ1) is 30.8. The van der Waals surface area contributed by atoms with Gasteiger partial charge in [0.1, 0.15) is 11.6 Å². The molecule has 41 heavy (non-hydrogen) atoms. The molecule has 2 bridgehead atoms. The molecule has 0 radical (unpaired) electrons. The predicted octanol–water partition coefficient (Wildman–Crippen LogP) is 3.23. The van der Waals surface area contributed by atoms with Crippen molar-refractivity contribution in [3.8, 4) is 0 Å². The van der Waals surface area contributed by atoms with E-state index in [1.165, 1.54) is 4.90 Å². The van der Waals surface area contributed by atoms with Crippen LogP contribution in [0.15, 0.2) is 49.6 Å². The van der Waals surface area contributed by atoms with Crippen LogP contribution in [-0.4, -0.2) is 95.7 Å². The minimum Gasteiger partial charge on any atom is -0.394 e. The largest absolute Gasteiger partial charge is 0.394 e. The smallest absolute Gasteiger partial charge is 0.253 e. The number of aliphatic hydroxyl groups is 1. The summed E-state index contributed by atoms with van der Waals surface area (Å²) in [5.74, 6) is -2.32. The van der Waals surface area contributed by atoms with E-state index in [4.69, 9.17) is 4.74 Å². The zero-order valence-electron chi connectivity index (χ0n) is 25.2. The summed E-state index contributed by atoms with van der Waals surface area (Å²) in [5.41, 5.74) is -0.288. The maximum absolute atomic E-state index is 14.7. The highest BCUT2D eigenvalue weighted by Gasteiger charge is 2.78. The lowest BCUT2D eigenvalue weighted by Gasteiger charge is -2.39. The summed E-state index contributed by atoms with van der Waals surface area (Å²) >= 11 is 0. The molecule has 3 aliphatic heterocycles. The first-order valence-corrected chi connectivity index (χ1v) is 14.8. The van der Waals surface area contributed by atoms with Crippen LogP contribution >= 0.6 is 0 Å². The third kappa shape index (κ3) is 4.87. The number of benzene rings is 1. The van der Waals surface area contributed by atoms with Gasteiger partial charge in [-0.1, -0.05) is 19.1 Å². The molecule has 0 saturated carbocycles. The normalized spacial score (nSPS) is 28.8. The van der Waals surface area contributed by atoms with Crippen molar-refractivity contribution in [3.05, 3.63) is 49.6 Å². The van der Waals surface area contributed by atoms with E-state index < -0.39 is 35.1 Å². The Morgan fingerprint density at radius 3 is 2.22 bits per heavy atom. The van der Waals surface area contributed by atoms with Gasteiger partial charge >= 0.3 is 0 Å². The number of likely N-dealkylation sites (N-methyl/N-ethyl adjacent to an activating group) is 1. The summed E-state index contributed by atoms with van der Waals surface area (Å²) in [6.45, 7) is 17.6. The molecule has 1 spiro atoms. The van der Waals surface area contributed by atoms with Crippen molar-refractivity contribution in [2.24, 2.45) is 11.8 Å². The average molecular weight is 567 g/mol. The zero-order chi connectivity index (χ0) is 30.1. The van der Waals surface area contributed by atoms with E-state index in [1.54, 1.807) is 29.0 Å². The van der Waals surface area contributed by atoms with Crippen molar-refractivity contribution in [2.45, 2.75) is 70.2 Å². The third-order valence-electron chi connectivity index (χ3n) is 9.44. The van der Waals surface area contributed by atoms with Gasteiger partial charge in [-0.05, 0) is 64.3 Å². The summed E-state index contributed by atoms with van der Waals surface area (Å²) in [5, 5.41) is 10.3. The Labute approximate surface area is 244 Å². The van der Waals surface area contributed by atoms with Crippen LogP contribution in [0.1, 0.15) is 47.0 Å². The Kier molecular flexibility index (Phi) is 8.99. The summed E-state index contributed by atoms with van der Waals surface area (Å²) in [6.07, 6.45) is 4.81. The number of anilines is 2. The number of hydrogen-bond donors (Lipinski definition) is 1. The summed E-state index contributed by atoms with van der Waals surface area (Å²) in [7, 11) is 1.70. The Morgan fingerprint density at radius 1 is 1.07 bits per heavy atom. The Hall–Kier alpha value is -3.17. The Morgan fingerprint density at radius 2 is 1.68 bits per heavy atom. The van der Waals surface area contributed by atoms with Gasteiger partial charge in [0, 0.05) is 44.6 Å². The van der Waals surface area contributed by atoms with Crippen LogP contribution in [0, 0.1) is 11.8 Å². The van der Waals surface area contributed by atoms with Crippen molar-refractivity contribution < 1.29 is 24.2 Å². The first-order chi connectivity index (χ1) is 19.6. The molecule has 224 valence electrons. The monoisotopic (exact) mass is 566 g/mol. The molecule has 4 rings (SSSR count). The molecule has 9 nitrogen and oxygen atoms in total. The van der Waals surface area contributed by atoms with E-state index in [9.17, 15) is 19.5 Å². The molecule has 1 N–H and O–H groups in total. The topological polar surface area (TPSA) is 93.6 Å². The number of fused-ring (bicyclic) bond motifs is 1. The van der Waals surface area contributed by atoms with Crippen LogP contribution < -0.4 is 9.80 Å². The number of likely N-dealkylation sites (tertiary alicyclic amines) is 1. The fourth-order valence-electron chi connectivity index (χ4n) is 7.38. The van der Waals surface area contributed by atoms with Gasteiger partial charge in [-0.2, -0.15) is 0 Å². The maximum Gasteiger partial charge on any atom is 0.253 e. The standard InChI is InChI=1S/C32H46N4O5/c1-8-19-33(7)28(38)25-26-29(39)36(22(10-3)21-37)27(32(26)18-17-31(25,6)41-32)30(40)35(20-9-2)24-15-13-23(14-16-24)34(11-4)12-5/h8-9,13-16,22,25-27,37H,1-2,10-12,17-21H2,3-7H3/t22-,25+,26-,27?,31-,32?/m0/s1. The second kappa shape index (κ2) is 12.0. The second-order valence-corrected chi connectivity index (χ2v) is 11.7. The number of aliphatic hydroxyl groups excluding tert-OH is 1. The first-order valence-electron chi connectivity index (χ1n) is 14.8. The van der Waals surface area contributed by atoms with Gasteiger partial charge in [-0.15, -0.1) is 13.2 Å². The van der Waals surface area contributed by atoms with Crippen LogP contribution in [-0.2, 0) is 19.1 Å². The predicted molar refractivity (Wildman–Crippen MR) is 161 cm³/mol. The molecular weight excluding hydrogens is 520 g/mol. The number of rotatable bonds is 13. The Balaban J connectivity index is 1.80. The molecule has 3 aliphatic rings. The van der Waals surface area contributed by atoms with Crippen molar-refractivity contribution in [1.29, 1.82) is 0 Å². The van der Waals surface area contributed by atoms with Crippen molar-refractivity contribution in [1.82, 2.24) is 9.80 Å². The van der Waals surface area contributed by atoms with E-state index in [1.807, 2.05) is 38.1 Å². The zero-order valence-corrected chi connectivity index (χ0v) is 25.2. The van der Waals surface area contributed by atoms with Gasteiger partial charge < -0.3 is 29.4 Å². The lowest BCUT2D eigenvalue weighted by atomic mass is 9.66. The van der Waals surface area contributed by atoms with Crippen LogP contribution in [0.2, 0.25) is 0 Å². The fraction of sp³-hybridized carbons (Fsp3) is 0.594. The minimum absolute atomic E-state index is 0.188. The summed E-state index contributed by atoms with van der Waals surface area (Å²) < 4.78 is 6.75. The number of nitrogens with zero attached hydrogens (tertiary/aromatic N) is 4. The molecule has 0 aliphatic carbocycles. The van der Waals surface area contributed by atoms with E-state index in [2.05, 4.69) is 31.9 Å². The van der Waals surface area contributed by atoms with Gasteiger partial charge in [0.2, 0.25) is 11.8 Å².